The van der Waals surface area contributed by atoms with E-state index in [4.69, 9.17) is 15.7 Å². The standard InChI is InChI=1S/C31H23FN8O4S/c1-17-10-19-12-25(38-24(19)13-23(17)39-45(42,43)29-9-5-6-20(14-33)37-29)30(41)21-15-36-40(31(21)34)26-16-35-28(11-18(26)2)44-27-8-4-3-7-22(27)32/h3-13,15-16,38-39H,34H2,1-2H3. The van der Waals surface area contributed by atoms with E-state index in [1.807, 2.05) is 6.07 Å². The zero-order valence-electron chi connectivity index (χ0n) is 23.7. The van der Waals surface area contributed by atoms with Gasteiger partial charge in [0.1, 0.15) is 17.6 Å². The van der Waals surface area contributed by atoms with Gasteiger partial charge in [0.15, 0.2) is 16.6 Å². The number of benzene rings is 2. The van der Waals surface area contributed by atoms with E-state index in [0.717, 1.165) is 0 Å². The van der Waals surface area contributed by atoms with Crippen molar-refractivity contribution in [2.24, 2.45) is 0 Å². The molecule has 0 spiro atoms. The predicted molar refractivity (Wildman–Crippen MR) is 163 cm³/mol. The summed E-state index contributed by atoms with van der Waals surface area (Å²) in [5.41, 5.74) is 9.20. The molecule has 0 atom stereocenters. The van der Waals surface area contributed by atoms with Crippen LogP contribution >= 0.6 is 0 Å². The van der Waals surface area contributed by atoms with E-state index < -0.39 is 21.6 Å². The summed E-state index contributed by atoms with van der Waals surface area (Å²) in [6.45, 7) is 3.49. The van der Waals surface area contributed by atoms with Crippen LogP contribution in [0.15, 0.2) is 84.1 Å². The maximum absolute atomic E-state index is 14.0. The molecule has 0 saturated heterocycles. The van der Waals surface area contributed by atoms with E-state index in [9.17, 15) is 17.6 Å². The van der Waals surface area contributed by atoms with Crippen LogP contribution in [0.2, 0.25) is 0 Å². The van der Waals surface area contributed by atoms with Crippen molar-refractivity contribution in [2.75, 3.05) is 10.5 Å². The Bertz CT molecular complexity index is 2290. The van der Waals surface area contributed by atoms with Gasteiger partial charge in [-0.25, -0.2) is 19.0 Å². The fraction of sp³-hybridized carbons (Fsp3) is 0.0645. The number of rotatable bonds is 8. The third kappa shape index (κ3) is 5.55. The normalized spacial score (nSPS) is 11.3. The van der Waals surface area contributed by atoms with Gasteiger partial charge in [-0.15, -0.1) is 0 Å². The molecule has 6 aromatic rings. The largest absolute Gasteiger partial charge is 0.436 e. The Morgan fingerprint density at radius 3 is 2.62 bits per heavy atom. The second-order valence-corrected chi connectivity index (χ2v) is 11.7. The van der Waals surface area contributed by atoms with Gasteiger partial charge in [-0.3, -0.25) is 9.52 Å². The zero-order chi connectivity index (χ0) is 31.9. The molecule has 0 amide bonds. The molecule has 0 fully saturated rings. The number of ketones is 1. The molecule has 0 saturated carbocycles. The quantitative estimate of drug-likeness (QED) is 0.193. The van der Waals surface area contributed by atoms with Crippen LogP contribution in [0.5, 0.6) is 11.6 Å². The highest BCUT2D eigenvalue weighted by molar-refractivity contribution is 7.92. The number of carbonyl (C=O) groups is 1. The average molecular weight is 623 g/mol. The predicted octanol–water partition coefficient (Wildman–Crippen LogP) is 5.18. The molecular formula is C31H23FN8O4S. The van der Waals surface area contributed by atoms with Crippen molar-refractivity contribution in [3.63, 3.8) is 0 Å². The molecule has 0 aliphatic carbocycles. The van der Waals surface area contributed by atoms with E-state index in [0.29, 0.717) is 27.7 Å². The molecule has 4 heterocycles. The first kappa shape index (κ1) is 29.0. The number of halogens is 1. The molecule has 14 heteroatoms. The summed E-state index contributed by atoms with van der Waals surface area (Å²) in [4.78, 5) is 24.7. The number of anilines is 2. The zero-order valence-corrected chi connectivity index (χ0v) is 24.6. The number of nitriles is 1. The van der Waals surface area contributed by atoms with Crippen LogP contribution in [0.4, 0.5) is 15.9 Å². The van der Waals surface area contributed by atoms with Crippen molar-refractivity contribution in [1.29, 1.82) is 5.26 Å². The molecule has 0 aliphatic heterocycles. The highest BCUT2D eigenvalue weighted by atomic mass is 32.2. The first-order chi connectivity index (χ1) is 21.5. The summed E-state index contributed by atoms with van der Waals surface area (Å²) >= 11 is 0. The van der Waals surface area contributed by atoms with E-state index in [1.165, 1.54) is 47.4 Å². The highest BCUT2D eigenvalue weighted by Gasteiger charge is 2.22. The Balaban J connectivity index is 1.26. The number of hydrogen-bond donors (Lipinski definition) is 3. The number of nitrogens with two attached hydrogens (primary N) is 1. The number of nitrogen functional groups attached to an aromatic ring is 1. The minimum atomic E-state index is -4.09. The van der Waals surface area contributed by atoms with Crippen LogP contribution in [-0.2, 0) is 10.0 Å². The molecule has 2 aromatic carbocycles. The number of nitrogens with one attached hydrogen (secondary N) is 2. The van der Waals surface area contributed by atoms with Gasteiger partial charge >= 0.3 is 0 Å². The number of ether oxygens (including phenoxy) is 1. The van der Waals surface area contributed by atoms with Crippen molar-refractivity contribution in [2.45, 2.75) is 18.9 Å². The molecule has 4 N–H and O–H groups in total. The van der Waals surface area contributed by atoms with Crippen LogP contribution < -0.4 is 15.2 Å². The molecule has 12 nitrogen and oxygen atoms in total. The number of carbonyl (C=O) groups excluding carboxylic acids is 1. The third-order valence-electron chi connectivity index (χ3n) is 6.96. The van der Waals surface area contributed by atoms with Gasteiger partial charge in [0.25, 0.3) is 10.0 Å². The van der Waals surface area contributed by atoms with Gasteiger partial charge in [-0.2, -0.15) is 18.8 Å². The number of aromatic amines is 1. The minimum absolute atomic E-state index is 0.0302. The molecule has 0 radical (unpaired) electrons. The Morgan fingerprint density at radius 1 is 1.07 bits per heavy atom. The van der Waals surface area contributed by atoms with E-state index in [1.54, 1.807) is 50.2 Å². The minimum Gasteiger partial charge on any atom is -0.436 e. The number of H-pyrrole nitrogens is 1. The van der Waals surface area contributed by atoms with Crippen molar-refractivity contribution in [1.82, 2.24) is 24.7 Å². The van der Waals surface area contributed by atoms with Gasteiger partial charge in [-0.1, -0.05) is 18.2 Å². The number of pyridine rings is 2. The van der Waals surface area contributed by atoms with Crippen LogP contribution in [0.25, 0.3) is 16.6 Å². The highest BCUT2D eigenvalue weighted by Crippen LogP contribution is 2.30. The third-order valence-corrected chi connectivity index (χ3v) is 8.22. The SMILES string of the molecule is Cc1cc2cc(C(=O)c3cnn(-c4cnc(Oc5ccccc5F)cc4C)c3N)[nH]c2cc1NS(=O)(=O)c1cccc(C#N)n1. The van der Waals surface area contributed by atoms with Gasteiger partial charge in [-0.05, 0) is 67.4 Å². The average Bonchev–Trinajstić information content (AvgIpc) is 3.61. The topological polar surface area (TPSA) is 182 Å². The van der Waals surface area contributed by atoms with Gasteiger partial charge in [0.2, 0.25) is 11.7 Å². The van der Waals surface area contributed by atoms with Crippen LogP contribution in [-0.4, -0.2) is 38.9 Å². The molecule has 0 bridgehead atoms. The first-order valence-electron chi connectivity index (χ1n) is 13.3. The Kier molecular flexibility index (Phi) is 7.23. The lowest BCUT2D eigenvalue weighted by Gasteiger charge is -2.11. The number of aryl methyl sites for hydroxylation is 2. The molecule has 4 aromatic heterocycles. The summed E-state index contributed by atoms with van der Waals surface area (Å²) < 4.78 is 49.3. The number of para-hydroxylation sites is 1. The van der Waals surface area contributed by atoms with Crippen LogP contribution in [0, 0.1) is 31.0 Å². The lowest BCUT2D eigenvalue weighted by atomic mass is 10.1. The molecule has 0 aliphatic rings. The number of nitrogens with zero attached hydrogens (tertiary/aromatic N) is 5. The molecular weight excluding hydrogens is 599 g/mol. The van der Waals surface area contributed by atoms with Crippen molar-refractivity contribution in [3.8, 4) is 23.4 Å². The van der Waals surface area contributed by atoms with E-state index >= 15 is 0 Å². The summed E-state index contributed by atoms with van der Waals surface area (Å²) in [7, 11) is -4.09. The van der Waals surface area contributed by atoms with Gasteiger partial charge in [0.05, 0.1) is 35.0 Å². The van der Waals surface area contributed by atoms with Crippen LogP contribution in [0.1, 0.15) is 32.9 Å². The lowest BCUT2D eigenvalue weighted by molar-refractivity contribution is 0.103. The van der Waals surface area contributed by atoms with Gasteiger partial charge in [0, 0.05) is 17.0 Å². The monoisotopic (exact) mass is 622 g/mol. The first-order valence-corrected chi connectivity index (χ1v) is 14.8. The lowest BCUT2D eigenvalue weighted by Crippen LogP contribution is -2.15. The second-order valence-electron chi connectivity index (χ2n) is 10.0. The maximum atomic E-state index is 14.0. The van der Waals surface area contributed by atoms with Crippen molar-refractivity contribution < 1.29 is 22.3 Å². The molecule has 45 heavy (non-hydrogen) atoms. The molecule has 6 rings (SSSR count). The number of aromatic nitrogens is 5. The summed E-state index contributed by atoms with van der Waals surface area (Å²) in [5.74, 6) is -0.681. The summed E-state index contributed by atoms with van der Waals surface area (Å²) in [6, 6.07) is 18.5. The Morgan fingerprint density at radius 2 is 1.87 bits per heavy atom. The van der Waals surface area contributed by atoms with Crippen molar-refractivity contribution in [3.05, 3.63) is 113 Å². The van der Waals surface area contributed by atoms with Crippen LogP contribution in [0.3, 0.4) is 0 Å². The Hall–Kier alpha value is -6.07. The second kappa shape index (κ2) is 11.2. The van der Waals surface area contributed by atoms with E-state index in [-0.39, 0.29) is 45.1 Å². The summed E-state index contributed by atoms with van der Waals surface area (Å²) in [6.07, 6.45) is 2.81. The van der Waals surface area contributed by atoms with Crippen molar-refractivity contribution >= 4 is 38.2 Å². The molecule has 224 valence electrons. The fourth-order valence-corrected chi connectivity index (χ4v) is 5.75. The summed E-state index contributed by atoms with van der Waals surface area (Å²) in [5, 5.41) is 13.7. The fourth-order valence-electron chi connectivity index (χ4n) is 4.66. The molecule has 0 unspecified atom stereocenters. The van der Waals surface area contributed by atoms with Gasteiger partial charge < -0.3 is 15.5 Å². The number of sulfonamides is 1. The number of hydrogen-bond acceptors (Lipinski definition) is 9. The smallest absolute Gasteiger partial charge is 0.279 e. The maximum Gasteiger partial charge on any atom is 0.279 e. The number of fused-ring (bicyclic) bond motifs is 1. The van der Waals surface area contributed by atoms with E-state index in [2.05, 4.69) is 24.8 Å². The Labute approximate surface area is 256 Å².